The summed E-state index contributed by atoms with van der Waals surface area (Å²) in [6.07, 6.45) is 2.41. The first kappa shape index (κ1) is 12.7. The van der Waals surface area contributed by atoms with Crippen molar-refractivity contribution >= 4 is 39.1 Å². The predicted octanol–water partition coefficient (Wildman–Crippen LogP) is 4.43. The molecule has 0 aliphatic carbocycles. The van der Waals surface area contributed by atoms with Crippen LogP contribution < -0.4 is 5.32 Å². The Morgan fingerprint density at radius 2 is 1.88 bits per heavy atom. The van der Waals surface area contributed by atoms with Crippen molar-refractivity contribution in [1.29, 1.82) is 0 Å². The fourth-order valence-corrected chi connectivity index (χ4v) is 3.21. The first-order valence-corrected chi connectivity index (χ1v) is 7.15. The van der Waals surface area contributed by atoms with E-state index in [4.69, 9.17) is 23.2 Å². The number of hydrogen-bond acceptors (Lipinski definition) is 1. The van der Waals surface area contributed by atoms with Gasteiger partial charge in [0.2, 0.25) is 0 Å². The van der Waals surface area contributed by atoms with E-state index in [0.29, 0.717) is 20.8 Å². The molecule has 2 rings (SSSR count). The van der Waals surface area contributed by atoms with Crippen LogP contribution in [0.4, 0.5) is 0 Å². The summed E-state index contributed by atoms with van der Waals surface area (Å²) in [5.41, 5.74) is 1.22. The van der Waals surface area contributed by atoms with Gasteiger partial charge in [0.15, 0.2) is 0 Å². The number of piperidine rings is 1. The molecule has 1 saturated heterocycles. The SMILES string of the molecule is Clc1ccc(C(Br)C2CCNCC2)cc1Cl. The van der Waals surface area contributed by atoms with Crippen LogP contribution in [0.2, 0.25) is 10.0 Å². The Balaban J connectivity index is 2.12. The van der Waals surface area contributed by atoms with Crippen LogP contribution in [0, 0.1) is 5.92 Å². The lowest BCUT2D eigenvalue weighted by Gasteiger charge is -2.27. The van der Waals surface area contributed by atoms with Gasteiger partial charge in [-0.05, 0) is 49.5 Å². The highest BCUT2D eigenvalue weighted by Gasteiger charge is 2.22. The van der Waals surface area contributed by atoms with Crippen molar-refractivity contribution in [3.63, 3.8) is 0 Å². The molecule has 0 amide bonds. The average molecular weight is 323 g/mol. The van der Waals surface area contributed by atoms with Crippen LogP contribution in [0.1, 0.15) is 23.2 Å². The Bertz CT molecular complexity index is 364. The monoisotopic (exact) mass is 321 g/mol. The zero-order valence-corrected chi connectivity index (χ0v) is 11.9. The summed E-state index contributed by atoms with van der Waals surface area (Å²) in [5, 5.41) is 4.63. The topological polar surface area (TPSA) is 12.0 Å². The number of nitrogens with one attached hydrogen (secondary N) is 1. The molecule has 0 spiro atoms. The normalized spacial score (nSPS) is 19.7. The van der Waals surface area contributed by atoms with Crippen LogP contribution in [-0.4, -0.2) is 13.1 Å². The quantitative estimate of drug-likeness (QED) is 0.794. The van der Waals surface area contributed by atoms with Gasteiger partial charge in [0.25, 0.3) is 0 Å². The molecule has 1 heterocycles. The third-order valence-corrected chi connectivity index (χ3v) is 5.08. The Kier molecular flexibility index (Phi) is 4.54. The van der Waals surface area contributed by atoms with E-state index in [9.17, 15) is 0 Å². The molecule has 4 heteroatoms. The van der Waals surface area contributed by atoms with E-state index in [0.717, 1.165) is 13.1 Å². The van der Waals surface area contributed by atoms with E-state index < -0.39 is 0 Å². The molecule has 1 aromatic carbocycles. The van der Waals surface area contributed by atoms with Crippen molar-refractivity contribution in [2.75, 3.05) is 13.1 Å². The Labute approximate surface area is 115 Å². The Morgan fingerprint density at radius 3 is 2.50 bits per heavy atom. The number of halogens is 3. The summed E-state index contributed by atoms with van der Waals surface area (Å²) in [4.78, 5) is 0.379. The van der Waals surface area contributed by atoms with E-state index in [2.05, 4.69) is 27.3 Å². The molecular weight excluding hydrogens is 309 g/mol. The minimum absolute atomic E-state index is 0.379. The third-order valence-electron chi connectivity index (χ3n) is 3.06. The maximum absolute atomic E-state index is 6.03. The Morgan fingerprint density at radius 1 is 1.19 bits per heavy atom. The third kappa shape index (κ3) is 2.92. The van der Waals surface area contributed by atoms with Crippen molar-refractivity contribution in [3.8, 4) is 0 Å². The van der Waals surface area contributed by atoms with Crippen LogP contribution >= 0.6 is 39.1 Å². The van der Waals surface area contributed by atoms with Crippen molar-refractivity contribution in [3.05, 3.63) is 33.8 Å². The largest absolute Gasteiger partial charge is 0.317 e. The van der Waals surface area contributed by atoms with Gasteiger partial charge in [0.05, 0.1) is 10.0 Å². The van der Waals surface area contributed by atoms with Crippen LogP contribution in [0.15, 0.2) is 18.2 Å². The van der Waals surface area contributed by atoms with E-state index in [-0.39, 0.29) is 0 Å². The van der Waals surface area contributed by atoms with Crippen molar-refractivity contribution < 1.29 is 0 Å². The van der Waals surface area contributed by atoms with Gasteiger partial charge in [-0.15, -0.1) is 0 Å². The van der Waals surface area contributed by atoms with Gasteiger partial charge in [-0.25, -0.2) is 0 Å². The van der Waals surface area contributed by atoms with Crippen LogP contribution in [0.3, 0.4) is 0 Å². The summed E-state index contributed by atoms with van der Waals surface area (Å²) in [6.45, 7) is 2.21. The average Bonchev–Trinajstić information content (AvgIpc) is 2.33. The first-order valence-electron chi connectivity index (χ1n) is 5.48. The lowest BCUT2D eigenvalue weighted by Crippen LogP contribution is -2.29. The van der Waals surface area contributed by atoms with Gasteiger partial charge in [-0.1, -0.05) is 45.2 Å². The van der Waals surface area contributed by atoms with Gasteiger partial charge in [-0.3, -0.25) is 0 Å². The van der Waals surface area contributed by atoms with Gasteiger partial charge in [0.1, 0.15) is 0 Å². The molecule has 16 heavy (non-hydrogen) atoms. The molecule has 1 atom stereocenters. The standard InChI is InChI=1S/C12H14BrCl2N/c13-12(8-3-5-16-6-4-8)9-1-2-10(14)11(15)7-9/h1-2,7-8,12,16H,3-6H2. The van der Waals surface area contributed by atoms with E-state index in [1.54, 1.807) is 0 Å². The predicted molar refractivity (Wildman–Crippen MR) is 73.7 cm³/mol. The molecule has 1 aromatic rings. The number of rotatable bonds is 2. The second kappa shape index (κ2) is 5.72. The zero-order chi connectivity index (χ0) is 11.5. The lowest BCUT2D eigenvalue weighted by molar-refractivity contribution is 0.370. The van der Waals surface area contributed by atoms with Crippen molar-refractivity contribution in [2.24, 2.45) is 5.92 Å². The van der Waals surface area contributed by atoms with Crippen molar-refractivity contribution in [2.45, 2.75) is 17.7 Å². The molecule has 1 aliphatic heterocycles. The highest BCUT2D eigenvalue weighted by Crippen LogP contribution is 2.38. The number of benzene rings is 1. The van der Waals surface area contributed by atoms with E-state index in [1.165, 1.54) is 18.4 Å². The molecule has 1 N–H and O–H groups in total. The van der Waals surface area contributed by atoms with E-state index in [1.807, 2.05) is 12.1 Å². The summed E-state index contributed by atoms with van der Waals surface area (Å²) in [7, 11) is 0. The molecule has 1 aliphatic rings. The minimum atomic E-state index is 0.379. The molecule has 1 unspecified atom stereocenters. The second-order valence-corrected chi connectivity index (χ2v) is 5.96. The van der Waals surface area contributed by atoms with Gasteiger partial charge in [-0.2, -0.15) is 0 Å². The van der Waals surface area contributed by atoms with Gasteiger partial charge in [0, 0.05) is 4.83 Å². The molecule has 0 aromatic heterocycles. The molecule has 1 nitrogen and oxygen atoms in total. The lowest BCUT2D eigenvalue weighted by atomic mass is 9.91. The fourth-order valence-electron chi connectivity index (χ4n) is 2.09. The molecule has 0 radical (unpaired) electrons. The maximum Gasteiger partial charge on any atom is 0.0595 e. The highest BCUT2D eigenvalue weighted by atomic mass is 79.9. The molecule has 0 bridgehead atoms. The van der Waals surface area contributed by atoms with Crippen molar-refractivity contribution in [1.82, 2.24) is 5.32 Å². The molecule has 88 valence electrons. The Hall–Kier alpha value is 0.240. The summed E-state index contributed by atoms with van der Waals surface area (Å²) >= 11 is 15.7. The maximum atomic E-state index is 6.03. The van der Waals surface area contributed by atoms with Crippen LogP contribution in [-0.2, 0) is 0 Å². The van der Waals surface area contributed by atoms with Gasteiger partial charge >= 0.3 is 0 Å². The summed E-state index contributed by atoms with van der Waals surface area (Å²) < 4.78 is 0. The number of hydrogen-bond donors (Lipinski definition) is 1. The summed E-state index contributed by atoms with van der Waals surface area (Å²) in [6, 6.07) is 5.88. The minimum Gasteiger partial charge on any atom is -0.317 e. The highest BCUT2D eigenvalue weighted by molar-refractivity contribution is 9.09. The number of alkyl halides is 1. The van der Waals surface area contributed by atoms with Crippen LogP contribution in [0.25, 0.3) is 0 Å². The van der Waals surface area contributed by atoms with Gasteiger partial charge < -0.3 is 5.32 Å². The first-order chi connectivity index (χ1) is 7.68. The zero-order valence-electron chi connectivity index (χ0n) is 8.85. The molecule has 1 fully saturated rings. The van der Waals surface area contributed by atoms with Crippen LogP contribution in [0.5, 0.6) is 0 Å². The second-order valence-electron chi connectivity index (χ2n) is 4.16. The smallest absolute Gasteiger partial charge is 0.0595 e. The summed E-state index contributed by atoms with van der Waals surface area (Å²) in [5.74, 6) is 0.679. The fraction of sp³-hybridized carbons (Fsp3) is 0.500. The van der Waals surface area contributed by atoms with E-state index >= 15 is 0 Å². The molecular formula is C12H14BrCl2N. The molecule has 0 saturated carbocycles.